The van der Waals surface area contributed by atoms with E-state index in [9.17, 15) is 4.39 Å². The van der Waals surface area contributed by atoms with Crippen LogP contribution in [0.15, 0.2) is 23.4 Å². The summed E-state index contributed by atoms with van der Waals surface area (Å²) in [5, 5.41) is 14.5. The molecule has 4 N–H and O–H groups in total. The molecule has 19 heavy (non-hydrogen) atoms. The van der Waals surface area contributed by atoms with Crippen LogP contribution in [0.4, 0.5) is 4.39 Å². The van der Waals surface area contributed by atoms with Gasteiger partial charge in [-0.15, -0.1) is 12.3 Å². The van der Waals surface area contributed by atoms with Crippen molar-refractivity contribution in [2.45, 2.75) is 25.8 Å². The fourth-order valence-corrected chi connectivity index (χ4v) is 1.67. The Morgan fingerprint density at radius 3 is 2.95 bits per heavy atom. The van der Waals surface area contributed by atoms with Crippen molar-refractivity contribution in [2.24, 2.45) is 10.9 Å². The van der Waals surface area contributed by atoms with E-state index < -0.39 is 5.82 Å². The molecule has 0 saturated carbocycles. The summed E-state index contributed by atoms with van der Waals surface area (Å²) in [5.41, 5.74) is 5.99. The zero-order chi connectivity index (χ0) is 14.1. The molecule has 0 bridgehead atoms. The summed E-state index contributed by atoms with van der Waals surface area (Å²) in [6.07, 6.45) is 7.81. The van der Waals surface area contributed by atoms with Gasteiger partial charge in [-0.1, -0.05) is 17.3 Å². The molecule has 0 amide bonds. The lowest BCUT2D eigenvalue weighted by Crippen LogP contribution is -2.19. The number of nitrogens with zero attached hydrogens (tertiary/aromatic N) is 1. The molecule has 0 aliphatic rings. The van der Waals surface area contributed by atoms with E-state index in [-0.39, 0.29) is 11.4 Å². The predicted octanol–water partition coefficient (Wildman–Crippen LogP) is 1.81. The lowest BCUT2D eigenvalue weighted by molar-refractivity contribution is 0.318. The number of rotatable bonds is 7. The fourth-order valence-electron chi connectivity index (χ4n) is 1.67. The van der Waals surface area contributed by atoms with Gasteiger partial charge >= 0.3 is 0 Å². The number of hydrogen-bond donors (Lipinski definition) is 3. The van der Waals surface area contributed by atoms with Crippen LogP contribution >= 0.6 is 0 Å². The van der Waals surface area contributed by atoms with Gasteiger partial charge in [0.2, 0.25) is 0 Å². The fraction of sp³-hybridized carbons (Fsp3) is 0.357. The van der Waals surface area contributed by atoms with Crippen LogP contribution in [-0.4, -0.2) is 17.6 Å². The zero-order valence-electron chi connectivity index (χ0n) is 10.7. The van der Waals surface area contributed by atoms with Crippen molar-refractivity contribution in [2.75, 3.05) is 6.54 Å². The maximum absolute atomic E-state index is 14.0. The van der Waals surface area contributed by atoms with Gasteiger partial charge in [0.25, 0.3) is 0 Å². The summed E-state index contributed by atoms with van der Waals surface area (Å²) in [7, 11) is 0. The van der Waals surface area contributed by atoms with E-state index in [2.05, 4.69) is 16.4 Å². The molecule has 4 nitrogen and oxygen atoms in total. The molecule has 1 aromatic rings. The van der Waals surface area contributed by atoms with E-state index in [1.54, 1.807) is 12.1 Å². The Balaban J connectivity index is 2.53. The van der Waals surface area contributed by atoms with Gasteiger partial charge in [0.05, 0.1) is 5.56 Å². The Morgan fingerprint density at radius 2 is 2.26 bits per heavy atom. The average Bonchev–Trinajstić information content (AvgIpc) is 2.43. The summed E-state index contributed by atoms with van der Waals surface area (Å²) in [4.78, 5) is 0. The largest absolute Gasteiger partial charge is 0.409 e. The monoisotopic (exact) mass is 263 g/mol. The number of unbranched alkanes of at least 4 members (excludes halogenated alkanes) is 2. The number of halogens is 1. The molecule has 0 atom stereocenters. The molecule has 0 radical (unpaired) electrons. The highest BCUT2D eigenvalue weighted by Crippen LogP contribution is 2.12. The van der Waals surface area contributed by atoms with E-state index in [1.165, 1.54) is 6.07 Å². The highest BCUT2D eigenvalue weighted by atomic mass is 19.1. The Hall–Kier alpha value is -2.06. The van der Waals surface area contributed by atoms with Crippen molar-refractivity contribution >= 4 is 5.84 Å². The Morgan fingerprint density at radius 1 is 1.47 bits per heavy atom. The van der Waals surface area contributed by atoms with Crippen LogP contribution < -0.4 is 11.1 Å². The van der Waals surface area contributed by atoms with Crippen molar-refractivity contribution in [3.63, 3.8) is 0 Å². The second-order valence-electron chi connectivity index (χ2n) is 4.10. The van der Waals surface area contributed by atoms with Gasteiger partial charge in [-0.05, 0) is 25.5 Å². The maximum Gasteiger partial charge on any atom is 0.173 e. The highest BCUT2D eigenvalue weighted by Gasteiger charge is 2.10. The van der Waals surface area contributed by atoms with E-state index in [4.69, 9.17) is 17.4 Å². The number of nitrogens with two attached hydrogens (primary N) is 1. The normalized spacial score (nSPS) is 11.3. The van der Waals surface area contributed by atoms with E-state index in [0.29, 0.717) is 12.1 Å². The molecule has 0 spiro atoms. The molecular formula is C14H18FN3O. The topological polar surface area (TPSA) is 70.6 Å². The second-order valence-corrected chi connectivity index (χ2v) is 4.10. The minimum absolute atomic E-state index is 0.106. The molecule has 1 aromatic carbocycles. The van der Waals surface area contributed by atoms with Gasteiger partial charge in [0, 0.05) is 18.5 Å². The van der Waals surface area contributed by atoms with Crippen LogP contribution in [-0.2, 0) is 6.54 Å². The average molecular weight is 263 g/mol. The third-order valence-corrected chi connectivity index (χ3v) is 2.70. The molecule has 102 valence electrons. The highest BCUT2D eigenvalue weighted by molar-refractivity contribution is 5.97. The quantitative estimate of drug-likeness (QED) is 0.175. The van der Waals surface area contributed by atoms with Gasteiger partial charge in [-0.3, -0.25) is 0 Å². The Labute approximate surface area is 112 Å². The molecule has 0 aliphatic heterocycles. The number of hydrogen-bond acceptors (Lipinski definition) is 3. The molecule has 1 rings (SSSR count). The molecule has 5 heteroatoms. The first-order chi connectivity index (χ1) is 9.20. The summed E-state index contributed by atoms with van der Waals surface area (Å²) < 4.78 is 14.0. The van der Waals surface area contributed by atoms with Crippen LogP contribution in [0.1, 0.15) is 30.4 Å². The molecular weight excluding hydrogens is 245 g/mol. The van der Waals surface area contributed by atoms with Gasteiger partial charge in [0.1, 0.15) is 5.82 Å². The van der Waals surface area contributed by atoms with Crippen molar-refractivity contribution < 1.29 is 9.60 Å². The molecule has 0 saturated heterocycles. The summed E-state index contributed by atoms with van der Waals surface area (Å²) >= 11 is 0. The van der Waals surface area contributed by atoms with Crippen LogP contribution in [0.3, 0.4) is 0 Å². The van der Waals surface area contributed by atoms with Crippen molar-refractivity contribution in [3.8, 4) is 12.3 Å². The lowest BCUT2D eigenvalue weighted by Gasteiger charge is -2.08. The number of benzene rings is 1. The van der Waals surface area contributed by atoms with Crippen LogP contribution in [0.5, 0.6) is 0 Å². The summed E-state index contributed by atoms with van der Waals surface area (Å²) in [6, 6.07) is 4.81. The van der Waals surface area contributed by atoms with E-state index >= 15 is 0 Å². The smallest absolute Gasteiger partial charge is 0.173 e. The van der Waals surface area contributed by atoms with Gasteiger partial charge in [-0.2, -0.15) is 0 Å². The van der Waals surface area contributed by atoms with Gasteiger partial charge in [-0.25, -0.2) is 4.39 Å². The molecule has 0 unspecified atom stereocenters. The molecule has 0 aliphatic carbocycles. The van der Waals surface area contributed by atoms with Gasteiger partial charge < -0.3 is 16.3 Å². The minimum Gasteiger partial charge on any atom is -0.409 e. The number of nitrogens with one attached hydrogen (secondary N) is 1. The van der Waals surface area contributed by atoms with E-state index in [1.807, 2.05) is 0 Å². The minimum atomic E-state index is -0.464. The Bertz CT molecular complexity index is 480. The van der Waals surface area contributed by atoms with Crippen LogP contribution in [0, 0.1) is 18.2 Å². The molecule has 0 fully saturated rings. The first-order valence-corrected chi connectivity index (χ1v) is 6.10. The molecule has 0 aromatic heterocycles. The number of amidine groups is 1. The molecule has 0 heterocycles. The van der Waals surface area contributed by atoms with E-state index in [0.717, 1.165) is 25.8 Å². The summed E-state index contributed by atoms with van der Waals surface area (Å²) in [6.45, 7) is 1.17. The number of oxime groups is 1. The zero-order valence-corrected chi connectivity index (χ0v) is 10.7. The first kappa shape index (κ1) is 15.0. The first-order valence-electron chi connectivity index (χ1n) is 6.10. The van der Waals surface area contributed by atoms with Crippen molar-refractivity contribution in [1.29, 1.82) is 0 Å². The van der Waals surface area contributed by atoms with Crippen LogP contribution in [0.2, 0.25) is 0 Å². The number of terminal acetylenes is 1. The predicted molar refractivity (Wildman–Crippen MR) is 73.3 cm³/mol. The summed E-state index contributed by atoms with van der Waals surface area (Å²) in [5.74, 6) is 1.88. The third kappa shape index (κ3) is 4.60. The third-order valence-electron chi connectivity index (χ3n) is 2.70. The van der Waals surface area contributed by atoms with Crippen molar-refractivity contribution in [3.05, 3.63) is 35.1 Å². The standard InChI is InChI=1S/C14H18FN3O/c1-2-3-4-5-9-17-10-11-7-6-8-12(13(11)15)14(16)18-19/h1,6-8,17,19H,3-5,9-10H2,(H2,16,18). The van der Waals surface area contributed by atoms with Gasteiger partial charge in [0.15, 0.2) is 5.84 Å². The van der Waals surface area contributed by atoms with Crippen LogP contribution in [0.25, 0.3) is 0 Å². The lowest BCUT2D eigenvalue weighted by atomic mass is 10.1. The van der Waals surface area contributed by atoms with Crippen molar-refractivity contribution in [1.82, 2.24) is 5.32 Å². The maximum atomic E-state index is 14.0. The second kappa shape index (κ2) is 8.11. The SMILES string of the molecule is C#CCCCCNCc1cccc(/C(N)=N\O)c1F. The Kier molecular flexibility index (Phi) is 6.41.